The van der Waals surface area contributed by atoms with Gasteiger partial charge in [0.25, 0.3) is 0 Å². The molecule has 4 rings (SSSR count). The lowest BCUT2D eigenvalue weighted by atomic mass is 9.86. The molecule has 0 saturated carbocycles. The number of para-hydroxylation sites is 1. The summed E-state index contributed by atoms with van der Waals surface area (Å²) >= 11 is 0. The quantitative estimate of drug-likeness (QED) is 0.388. The van der Waals surface area contributed by atoms with Gasteiger partial charge in [-0.05, 0) is 46.4 Å². The highest BCUT2D eigenvalue weighted by atomic mass is 16.5. The lowest BCUT2D eigenvalue weighted by molar-refractivity contribution is -0.136. The van der Waals surface area contributed by atoms with E-state index in [0.717, 1.165) is 39.0 Å². The van der Waals surface area contributed by atoms with E-state index in [0.29, 0.717) is 6.61 Å². The third-order valence-electron chi connectivity index (χ3n) is 5.49. The van der Waals surface area contributed by atoms with Crippen LogP contribution in [0.2, 0.25) is 0 Å². The molecular weight excluding hydrogens is 386 g/mol. The van der Waals surface area contributed by atoms with Crippen LogP contribution in [0.25, 0.3) is 22.2 Å². The van der Waals surface area contributed by atoms with Gasteiger partial charge in [0.15, 0.2) is 0 Å². The number of H-pyrrole nitrogens is 1. The third kappa shape index (κ3) is 4.48. The van der Waals surface area contributed by atoms with Gasteiger partial charge >= 0.3 is 5.97 Å². The standard InChI is InChI=1S/C27H27NO3/c1-27(2,3)19-13-14-23-21(15-19)22(16-25(29)30)26(28-23)20-11-7-8-12-24(20)31-17-18-9-5-4-6-10-18/h4-15,28H,16-17H2,1-3H3,(H,29,30). The van der Waals surface area contributed by atoms with Gasteiger partial charge in [0.1, 0.15) is 12.4 Å². The predicted octanol–water partition coefficient (Wildman–Crippen LogP) is 6.34. The van der Waals surface area contributed by atoms with Crippen molar-refractivity contribution in [1.29, 1.82) is 0 Å². The van der Waals surface area contributed by atoms with Crippen LogP contribution in [0.3, 0.4) is 0 Å². The molecule has 0 aliphatic heterocycles. The lowest BCUT2D eigenvalue weighted by Crippen LogP contribution is -2.10. The van der Waals surface area contributed by atoms with Gasteiger partial charge in [0.05, 0.1) is 12.1 Å². The van der Waals surface area contributed by atoms with Crippen LogP contribution in [-0.2, 0) is 23.2 Å². The van der Waals surface area contributed by atoms with Crippen molar-refractivity contribution in [3.63, 3.8) is 0 Å². The average Bonchev–Trinajstić information content (AvgIpc) is 3.09. The van der Waals surface area contributed by atoms with E-state index in [4.69, 9.17) is 4.74 Å². The molecule has 4 aromatic rings. The molecule has 31 heavy (non-hydrogen) atoms. The summed E-state index contributed by atoms with van der Waals surface area (Å²) in [6.45, 7) is 6.92. The number of aromatic nitrogens is 1. The van der Waals surface area contributed by atoms with E-state index in [1.54, 1.807) is 0 Å². The smallest absolute Gasteiger partial charge is 0.307 e. The van der Waals surface area contributed by atoms with Crippen molar-refractivity contribution >= 4 is 16.9 Å². The number of hydrogen-bond acceptors (Lipinski definition) is 2. The average molecular weight is 414 g/mol. The zero-order valence-electron chi connectivity index (χ0n) is 18.1. The highest BCUT2D eigenvalue weighted by Crippen LogP contribution is 2.38. The Morgan fingerprint density at radius 2 is 1.68 bits per heavy atom. The van der Waals surface area contributed by atoms with E-state index in [1.807, 2.05) is 60.7 Å². The molecule has 2 N–H and O–H groups in total. The molecule has 0 fully saturated rings. The van der Waals surface area contributed by atoms with Crippen molar-refractivity contribution in [3.8, 4) is 17.0 Å². The Morgan fingerprint density at radius 3 is 2.39 bits per heavy atom. The Morgan fingerprint density at radius 1 is 0.968 bits per heavy atom. The second-order valence-electron chi connectivity index (χ2n) is 8.83. The second-order valence-corrected chi connectivity index (χ2v) is 8.83. The first kappa shape index (κ1) is 20.7. The maximum Gasteiger partial charge on any atom is 0.307 e. The SMILES string of the molecule is CC(C)(C)c1ccc2[nH]c(-c3ccccc3OCc3ccccc3)c(CC(=O)O)c2c1. The first-order valence-corrected chi connectivity index (χ1v) is 10.5. The predicted molar refractivity (Wildman–Crippen MR) is 125 cm³/mol. The lowest BCUT2D eigenvalue weighted by Gasteiger charge is -2.19. The number of aliphatic carboxylic acids is 1. The van der Waals surface area contributed by atoms with Crippen molar-refractivity contribution < 1.29 is 14.6 Å². The summed E-state index contributed by atoms with van der Waals surface area (Å²) < 4.78 is 6.14. The van der Waals surface area contributed by atoms with E-state index in [1.165, 1.54) is 5.56 Å². The van der Waals surface area contributed by atoms with E-state index in [-0.39, 0.29) is 11.8 Å². The third-order valence-corrected chi connectivity index (χ3v) is 5.49. The highest BCUT2D eigenvalue weighted by molar-refractivity contribution is 5.95. The minimum atomic E-state index is -0.856. The molecule has 1 heterocycles. The largest absolute Gasteiger partial charge is 0.488 e. The number of fused-ring (bicyclic) bond motifs is 1. The molecule has 0 atom stereocenters. The van der Waals surface area contributed by atoms with Crippen LogP contribution in [-0.4, -0.2) is 16.1 Å². The molecule has 4 nitrogen and oxygen atoms in total. The number of carboxylic acid groups (broad SMARTS) is 1. The highest BCUT2D eigenvalue weighted by Gasteiger charge is 2.21. The number of carbonyl (C=O) groups is 1. The van der Waals surface area contributed by atoms with Crippen LogP contribution in [0.4, 0.5) is 0 Å². The van der Waals surface area contributed by atoms with Crippen LogP contribution in [0.15, 0.2) is 72.8 Å². The molecule has 0 aliphatic rings. The Kier molecular flexibility index (Phi) is 5.55. The van der Waals surface area contributed by atoms with Gasteiger partial charge in [-0.25, -0.2) is 0 Å². The van der Waals surface area contributed by atoms with E-state index in [9.17, 15) is 9.90 Å². The van der Waals surface area contributed by atoms with Crippen molar-refractivity contribution in [1.82, 2.24) is 4.98 Å². The van der Waals surface area contributed by atoms with Gasteiger partial charge in [-0.3, -0.25) is 4.79 Å². The van der Waals surface area contributed by atoms with Crippen LogP contribution >= 0.6 is 0 Å². The summed E-state index contributed by atoms with van der Waals surface area (Å²) in [5.74, 6) is -0.133. The van der Waals surface area contributed by atoms with Crippen molar-refractivity contribution in [2.45, 2.75) is 39.2 Å². The fourth-order valence-electron chi connectivity index (χ4n) is 3.81. The normalized spacial score (nSPS) is 11.6. The van der Waals surface area contributed by atoms with E-state index < -0.39 is 5.97 Å². The Balaban J connectivity index is 1.81. The van der Waals surface area contributed by atoms with E-state index >= 15 is 0 Å². The molecule has 0 spiro atoms. The Labute approximate surface area is 182 Å². The minimum Gasteiger partial charge on any atom is -0.488 e. The Hall–Kier alpha value is -3.53. The van der Waals surface area contributed by atoms with Crippen LogP contribution in [0.1, 0.15) is 37.5 Å². The number of carboxylic acids is 1. The van der Waals surface area contributed by atoms with Crippen molar-refractivity contribution in [3.05, 3.63) is 89.5 Å². The van der Waals surface area contributed by atoms with Crippen molar-refractivity contribution in [2.75, 3.05) is 0 Å². The molecule has 4 heteroatoms. The molecule has 0 radical (unpaired) electrons. The molecule has 0 saturated heterocycles. The first-order chi connectivity index (χ1) is 14.8. The monoisotopic (exact) mass is 413 g/mol. The number of benzene rings is 3. The molecule has 158 valence electrons. The number of ether oxygens (including phenoxy) is 1. The first-order valence-electron chi connectivity index (χ1n) is 10.5. The molecule has 0 bridgehead atoms. The van der Waals surface area contributed by atoms with Gasteiger partial charge in [-0.1, -0.05) is 69.3 Å². The summed E-state index contributed by atoms with van der Waals surface area (Å²) in [6.07, 6.45) is -0.0596. The molecule has 0 amide bonds. The summed E-state index contributed by atoms with van der Waals surface area (Å²) in [4.78, 5) is 15.2. The zero-order valence-corrected chi connectivity index (χ0v) is 18.1. The van der Waals surface area contributed by atoms with Crippen LogP contribution < -0.4 is 4.74 Å². The Bertz CT molecular complexity index is 1220. The fraction of sp³-hybridized carbons (Fsp3) is 0.222. The maximum atomic E-state index is 11.7. The van der Waals surface area contributed by atoms with Gasteiger partial charge in [0, 0.05) is 16.5 Å². The summed E-state index contributed by atoms with van der Waals surface area (Å²) in [5.41, 5.74) is 5.60. The molecule has 0 unspecified atom stereocenters. The minimum absolute atomic E-state index is 0.0250. The van der Waals surface area contributed by atoms with Gasteiger partial charge in [0.2, 0.25) is 0 Å². The van der Waals surface area contributed by atoms with Crippen LogP contribution in [0, 0.1) is 0 Å². The summed E-state index contributed by atoms with van der Waals surface area (Å²) in [6, 6.07) is 24.0. The number of aromatic amines is 1. The molecular formula is C27H27NO3. The molecule has 0 aliphatic carbocycles. The van der Waals surface area contributed by atoms with Gasteiger partial charge < -0.3 is 14.8 Å². The van der Waals surface area contributed by atoms with Gasteiger partial charge in [-0.15, -0.1) is 0 Å². The molecule has 1 aromatic heterocycles. The zero-order chi connectivity index (χ0) is 22.0. The summed E-state index contributed by atoms with van der Waals surface area (Å²) in [7, 11) is 0. The number of nitrogens with one attached hydrogen (secondary N) is 1. The fourth-order valence-corrected chi connectivity index (χ4v) is 3.81. The summed E-state index contributed by atoms with van der Waals surface area (Å²) in [5, 5.41) is 10.6. The van der Waals surface area contributed by atoms with E-state index in [2.05, 4.69) is 37.9 Å². The molecule has 3 aromatic carbocycles. The number of rotatable bonds is 6. The van der Waals surface area contributed by atoms with Gasteiger partial charge in [-0.2, -0.15) is 0 Å². The topological polar surface area (TPSA) is 62.3 Å². The van der Waals surface area contributed by atoms with Crippen LogP contribution in [0.5, 0.6) is 5.75 Å². The van der Waals surface area contributed by atoms with Crippen molar-refractivity contribution in [2.24, 2.45) is 0 Å². The number of hydrogen-bond donors (Lipinski definition) is 2. The second kappa shape index (κ2) is 8.31. The maximum absolute atomic E-state index is 11.7.